The van der Waals surface area contributed by atoms with Crippen LogP contribution in [0, 0.1) is 5.92 Å². The number of rotatable bonds is 8. The summed E-state index contributed by atoms with van der Waals surface area (Å²) in [6.45, 7) is 2.22. The van der Waals surface area contributed by atoms with Crippen LogP contribution in [0.3, 0.4) is 0 Å². The van der Waals surface area contributed by atoms with Crippen LogP contribution in [0.5, 0.6) is 0 Å². The SMILES string of the molecule is CCCCC/C=C/c1ccc([C@@H]2C[C@H]2/C=C/C(=O)O)cc1. The maximum absolute atomic E-state index is 10.5. The topological polar surface area (TPSA) is 37.3 Å². The molecule has 2 heteroatoms. The molecule has 0 spiro atoms. The number of hydrogen-bond donors (Lipinski definition) is 1. The molecule has 0 saturated heterocycles. The van der Waals surface area contributed by atoms with E-state index in [0.29, 0.717) is 11.8 Å². The standard InChI is InChI=1S/C19H24O2/c1-2-3-4-5-6-7-15-8-10-16(11-9-15)18-14-17(18)12-13-19(20)21/h6-13,17-18H,2-5,14H2,1H3,(H,20,21)/b7-6+,13-12+/t17-,18+/m1/s1. The van der Waals surface area contributed by atoms with Gasteiger partial charge in [0, 0.05) is 6.08 Å². The van der Waals surface area contributed by atoms with E-state index >= 15 is 0 Å². The smallest absolute Gasteiger partial charge is 0.327 e. The van der Waals surface area contributed by atoms with Gasteiger partial charge in [-0.15, -0.1) is 0 Å². The van der Waals surface area contributed by atoms with Crippen molar-refractivity contribution in [3.8, 4) is 0 Å². The lowest BCUT2D eigenvalue weighted by atomic mass is 10.1. The minimum atomic E-state index is -0.857. The summed E-state index contributed by atoms with van der Waals surface area (Å²) in [5.74, 6) is 0.0453. The van der Waals surface area contributed by atoms with Crippen molar-refractivity contribution >= 4 is 12.0 Å². The van der Waals surface area contributed by atoms with Crippen molar-refractivity contribution in [1.29, 1.82) is 0 Å². The predicted octanol–water partition coefficient (Wildman–Crippen LogP) is 5.02. The molecule has 1 aliphatic rings. The van der Waals surface area contributed by atoms with Crippen molar-refractivity contribution in [3.05, 3.63) is 53.6 Å². The first-order valence-corrected chi connectivity index (χ1v) is 7.88. The molecular weight excluding hydrogens is 260 g/mol. The molecule has 0 unspecified atom stereocenters. The van der Waals surface area contributed by atoms with Crippen LogP contribution in [0.2, 0.25) is 0 Å². The first-order chi connectivity index (χ1) is 10.2. The third-order valence-corrected chi connectivity index (χ3v) is 3.98. The fourth-order valence-corrected chi connectivity index (χ4v) is 2.60. The molecule has 2 atom stereocenters. The van der Waals surface area contributed by atoms with Crippen LogP contribution in [0.1, 0.15) is 56.1 Å². The molecule has 0 bridgehead atoms. The highest BCUT2D eigenvalue weighted by Crippen LogP contribution is 2.48. The maximum Gasteiger partial charge on any atom is 0.327 e. The highest BCUT2D eigenvalue weighted by atomic mass is 16.4. The van der Waals surface area contributed by atoms with E-state index in [1.54, 1.807) is 0 Å². The van der Waals surface area contributed by atoms with Gasteiger partial charge in [-0.1, -0.05) is 62.3 Å². The molecule has 0 aliphatic heterocycles. The van der Waals surface area contributed by atoms with Gasteiger partial charge in [0.15, 0.2) is 0 Å². The fourth-order valence-electron chi connectivity index (χ4n) is 2.60. The fraction of sp³-hybridized carbons (Fsp3) is 0.421. The van der Waals surface area contributed by atoms with Gasteiger partial charge in [-0.3, -0.25) is 0 Å². The van der Waals surface area contributed by atoms with Gasteiger partial charge in [0.2, 0.25) is 0 Å². The Morgan fingerprint density at radius 1 is 1.29 bits per heavy atom. The number of aliphatic carboxylic acids is 1. The first-order valence-electron chi connectivity index (χ1n) is 7.88. The van der Waals surface area contributed by atoms with Gasteiger partial charge in [0.05, 0.1) is 0 Å². The van der Waals surface area contributed by atoms with Crippen LogP contribution in [-0.2, 0) is 4.79 Å². The monoisotopic (exact) mass is 284 g/mol. The highest BCUT2D eigenvalue weighted by Gasteiger charge is 2.35. The molecule has 1 aromatic rings. The number of unbranched alkanes of at least 4 members (excludes halogenated alkanes) is 3. The average Bonchev–Trinajstić information content (AvgIpc) is 3.25. The molecule has 112 valence electrons. The third kappa shape index (κ3) is 5.22. The number of carboxylic acids is 1. The Morgan fingerprint density at radius 2 is 2.05 bits per heavy atom. The molecule has 1 saturated carbocycles. The molecule has 21 heavy (non-hydrogen) atoms. The number of allylic oxidation sites excluding steroid dienone is 2. The third-order valence-electron chi connectivity index (χ3n) is 3.98. The summed E-state index contributed by atoms with van der Waals surface area (Å²) in [6, 6.07) is 8.65. The molecule has 1 aliphatic carbocycles. The molecule has 1 fully saturated rings. The van der Waals surface area contributed by atoms with Crippen LogP contribution >= 0.6 is 0 Å². The van der Waals surface area contributed by atoms with E-state index in [9.17, 15) is 4.79 Å². The van der Waals surface area contributed by atoms with E-state index in [2.05, 4.69) is 43.3 Å². The molecule has 2 rings (SSSR count). The zero-order valence-corrected chi connectivity index (χ0v) is 12.7. The second kappa shape index (κ2) is 7.82. The Labute approximate surface area is 127 Å². The number of carboxylic acid groups (broad SMARTS) is 1. The van der Waals surface area contributed by atoms with Crippen molar-refractivity contribution in [1.82, 2.24) is 0 Å². The summed E-state index contributed by atoms with van der Waals surface area (Å²) in [6.07, 6.45) is 13.6. The quantitative estimate of drug-likeness (QED) is 0.537. The minimum Gasteiger partial charge on any atom is -0.478 e. The molecule has 1 N–H and O–H groups in total. The average molecular weight is 284 g/mol. The van der Waals surface area contributed by atoms with Crippen molar-refractivity contribution in [2.45, 2.75) is 44.9 Å². The van der Waals surface area contributed by atoms with Gasteiger partial charge in [0.1, 0.15) is 0 Å². The van der Waals surface area contributed by atoms with Gasteiger partial charge in [-0.2, -0.15) is 0 Å². The first kappa shape index (κ1) is 15.6. The molecule has 2 nitrogen and oxygen atoms in total. The van der Waals surface area contributed by atoms with E-state index in [1.165, 1.54) is 36.5 Å². The lowest BCUT2D eigenvalue weighted by molar-refractivity contribution is -0.131. The van der Waals surface area contributed by atoms with E-state index in [0.717, 1.165) is 12.8 Å². The summed E-state index contributed by atoms with van der Waals surface area (Å²) in [5, 5.41) is 8.63. The Hall–Kier alpha value is -1.83. The van der Waals surface area contributed by atoms with E-state index in [4.69, 9.17) is 5.11 Å². The van der Waals surface area contributed by atoms with Crippen molar-refractivity contribution in [2.75, 3.05) is 0 Å². The van der Waals surface area contributed by atoms with Crippen molar-refractivity contribution in [3.63, 3.8) is 0 Å². The minimum absolute atomic E-state index is 0.400. The van der Waals surface area contributed by atoms with Gasteiger partial charge in [-0.25, -0.2) is 4.79 Å². The van der Waals surface area contributed by atoms with Gasteiger partial charge in [0.25, 0.3) is 0 Å². The largest absolute Gasteiger partial charge is 0.478 e. The van der Waals surface area contributed by atoms with E-state index < -0.39 is 5.97 Å². The number of hydrogen-bond acceptors (Lipinski definition) is 1. The number of benzene rings is 1. The van der Waals surface area contributed by atoms with E-state index in [1.807, 2.05) is 6.08 Å². The van der Waals surface area contributed by atoms with Crippen LogP contribution in [0.15, 0.2) is 42.5 Å². The van der Waals surface area contributed by atoms with Crippen molar-refractivity contribution in [2.24, 2.45) is 5.92 Å². The Bertz CT molecular complexity index is 511. The van der Waals surface area contributed by atoms with Crippen LogP contribution in [0.4, 0.5) is 0 Å². The van der Waals surface area contributed by atoms with Crippen LogP contribution < -0.4 is 0 Å². The summed E-state index contributed by atoms with van der Waals surface area (Å²) >= 11 is 0. The predicted molar refractivity (Wildman–Crippen MR) is 87.2 cm³/mol. The molecule has 0 radical (unpaired) electrons. The summed E-state index contributed by atoms with van der Waals surface area (Å²) < 4.78 is 0. The van der Waals surface area contributed by atoms with Crippen molar-refractivity contribution < 1.29 is 9.90 Å². The lowest BCUT2D eigenvalue weighted by Crippen LogP contribution is -1.87. The summed E-state index contributed by atoms with van der Waals surface area (Å²) in [4.78, 5) is 10.5. The molecule has 0 aromatic heterocycles. The summed E-state index contributed by atoms with van der Waals surface area (Å²) in [5.41, 5.74) is 2.56. The van der Waals surface area contributed by atoms with Gasteiger partial charge in [-0.05, 0) is 42.2 Å². The summed E-state index contributed by atoms with van der Waals surface area (Å²) in [7, 11) is 0. The maximum atomic E-state index is 10.5. The van der Waals surface area contributed by atoms with Gasteiger partial charge >= 0.3 is 5.97 Å². The van der Waals surface area contributed by atoms with E-state index in [-0.39, 0.29) is 0 Å². The Balaban J connectivity index is 1.82. The normalized spacial score (nSPS) is 21.2. The lowest BCUT2D eigenvalue weighted by Gasteiger charge is -2.00. The Kier molecular flexibility index (Phi) is 5.79. The van der Waals surface area contributed by atoms with Gasteiger partial charge < -0.3 is 5.11 Å². The Morgan fingerprint density at radius 3 is 2.71 bits per heavy atom. The molecule has 0 heterocycles. The molecule has 1 aromatic carbocycles. The number of carbonyl (C=O) groups is 1. The van der Waals surface area contributed by atoms with Crippen LogP contribution in [0.25, 0.3) is 6.08 Å². The zero-order chi connectivity index (χ0) is 15.1. The van der Waals surface area contributed by atoms with Crippen LogP contribution in [-0.4, -0.2) is 11.1 Å². The highest BCUT2D eigenvalue weighted by molar-refractivity contribution is 5.79. The molecule has 0 amide bonds. The second-order valence-electron chi connectivity index (χ2n) is 5.77. The molecular formula is C19H24O2. The zero-order valence-electron chi connectivity index (χ0n) is 12.7. The second-order valence-corrected chi connectivity index (χ2v) is 5.77.